The number of para-hydroxylation sites is 1. The van der Waals surface area contributed by atoms with E-state index >= 15 is 0 Å². The van der Waals surface area contributed by atoms with Crippen molar-refractivity contribution in [3.05, 3.63) is 102 Å². The lowest BCUT2D eigenvalue weighted by molar-refractivity contribution is -0.469. The number of benzene rings is 4. The standard InChI is InChI=1S/C16H19NO4S2.C16H19NOS.O4S/c1-17(2)11-12-10-15(23(18,19)20)8-9-16(12)21-13-4-6-14(22-3)7-5-13;1-17(2)12-13-6-4-5-7-16(13)18-14-8-10-15(19-3)11-9-14;1-5-3-2-4-5/h4-10H,11H2,1-3H3,(H,18,19,20);4-11H,12H2,1-3H3;. The van der Waals surface area contributed by atoms with Gasteiger partial charge >= 0.3 is 11.4 Å². The number of hydrogen-bond donors (Lipinski definition) is 1. The average Bonchev–Trinajstić information content (AvgIpc) is 3.02. The van der Waals surface area contributed by atoms with Crippen LogP contribution in [0.2, 0.25) is 0 Å². The van der Waals surface area contributed by atoms with Crippen LogP contribution in [0.15, 0.2) is 106 Å². The highest BCUT2D eigenvalue weighted by Crippen LogP contribution is 2.30. The van der Waals surface area contributed by atoms with E-state index in [-0.39, 0.29) is 4.90 Å². The van der Waals surface area contributed by atoms with Gasteiger partial charge in [0, 0.05) is 34.0 Å². The van der Waals surface area contributed by atoms with Crippen molar-refractivity contribution in [1.82, 2.24) is 9.80 Å². The second-order valence-corrected chi connectivity index (χ2v) is 14.2. The van der Waals surface area contributed by atoms with E-state index in [4.69, 9.17) is 9.47 Å². The Morgan fingerprint density at radius 2 is 1.15 bits per heavy atom. The van der Waals surface area contributed by atoms with Crippen LogP contribution in [0.1, 0.15) is 11.1 Å². The minimum Gasteiger partial charge on any atom is -0.457 e. The summed E-state index contributed by atoms with van der Waals surface area (Å²) in [4.78, 5) is 6.27. The molecule has 4 aromatic rings. The van der Waals surface area contributed by atoms with Crippen LogP contribution >= 0.6 is 23.5 Å². The van der Waals surface area contributed by atoms with Crippen molar-refractivity contribution >= 4 is 45.0 Å². The number of nitrogens with zero attached hydrogens (tertiary/aromatic N) is 2. The monoisotopic (exact) mass is 722 g/mol. The van der Waals surface area contributed by atoms with Gasteiger partial charge in [0.05, 0.1) is 4.90 Å². The summed E-state index contributed by atoms with van der Waals surface area (Å²) in [5.41, 5.74) is 1.88. The largest absolute Gasteiger partial charge is 0.457 e. The van der Waals surface area contributed by atoms with Gasteiger partial charge in [-0.15, -0.1) is 23.5 Å². The zero-order chi connectivity index (χ0) is 34.4. The molecule has 0 bridgehead atoms. The van der Waals surface area contributed by atoms with Crippen LogP contribution in [-0.2, 0) is 48.3 Å². The van der Waals surface area contributed by atoms with Gasteiger partial charge in [-0.2, -0.15) is 12.6 Å². The van der Waals surface area contributed by atoms with Gasteiger partial charge in [-0.1, -0.05) is 26.9 Å². The van der Waals surface area contributed by atoms with Crippen LogP contribution in [0.25, 0.3) is 0 Å². The second kappa shape index (κ2) is 19.1. The molecule has 1 fully saturated rings. The highest BCUT2D eigenvalue weighted by molar-refractivity contribution is 7.98. The van der Waals surface area contributed by atoms with Gasteiger partial charge in [-0.05, 0) is 119 Å². The van der Waals surface area contributed by atoms with Crippen molar-refractivity contribution in [2.75, 3.05) is 40.7 Å². The fourth-order valence-corrected chi connectivity index (χ4v) is 5.40. The normalized spacial score (nSPS) is 12.8. The first-order valence-electron chi connectivity index (χ1n) is 13.9. The van der Waals surface area contributed by atoms with Gasteiger partial charge in [0.25, 0.3) is 10.1 Å². The third kappa shape index (κ3) is 13.6. The van der Waals surface area contributed by atoms with Crippen LogP contribution in [0, 0.1) is 0 Å². The number of thioether (sulfide) groups is 2. The summed E-state index contributed by atoms with van der Waals surface area (Å²) >= 11 is 1.76. The predicted octanol–water partition coefficient (Wildman–Crippen LogP) is 7.23. The molecule has 1 N–H and O–H groups in total. The van der Waals surface area contributed by atoms with Gasteiger partial charge in [-0.3, -0.25) is 4.55 Å². The molecule has 47 heavy (non-hydrogen) atoms. The molecule has 5 rings (SSSR count). The number of hydrogen-bond acceptors (Lipinski definition) is 12. The molecule has 1 aliphatic heterocycles. The van der Waals surface area contributed by atoms with Crippen molar-refractivity contribution in [1.29, 1.82) is 0 Å². The van der Waals surface area contributed by atoms with Crippen LogP contribution in [0.4, 0.5) is 0 Å². The molecule has 0 spiro atoms. The molecule has 0 saturated carbocycles. The smallest absolute Gasteiger partial charge is 0.367 e. The lowest BCUT2D eigenvalue weighted by atomic mass is 10.2. The zero-order valence-electron chi connectivity index (χ0n) is 26.8. The molecule has 0 amide bonds. The first kappa shape index (κ1) is 38.5. The zero-order valence-corrected chi connectivity index (χ0v) is 30.1. The summed E-state index contributed by atoms with van der Waals surface area (Å²) in [6, 6.07) is 28.3. The van der Waals surface area contributed by atoms with Crippen LogP contribution < -0.4 is 9.47 Å². The molecule has 4 aromatic carbocycles. The first-order valence-corrected chi connectivity index (χ1v) is 18.8. The minimum atomic E-state index is -4.24. The summed E-state index contributed by atoms with van der Waals surface area (Å²) in [6.45, 7) is 1.36. The molecule has 0 aliphatic carbocycles. The summed E-state index contributed by atoms with van der Waals surface area (Å²) in [5, 5.41) is 3.53. The Bertz CT molecular complexity index is 1680. The summed E-state index contributed by atoms with van der Waals surface area (Å²) in [5.74, 6) is 3.03. The maximum Gasteiger partial charge on any atom is 0.367 e. The topological polar surface area (TPSA) is 124 Å². The molecule has 1 aliphatic rings. The first-order chi connectivity index (χ1) is 22.4. The molecule has 0 atom stereocenters. The van der Waals surface area contributed by atoms with E-state index in [1.807, 2.05) is 79.8 Å². The van der Waals surface area contributed by atoms with Gasteiger partial charge in [0.1, 0.15) is 23.0 Å². The number of ether oxygens (including phenoxy) is 2. The Morgan fingerprint density at radius 1 is 0.702 bits per heavy atom. The highest BCUT2D eigenvalue weighted by atomic mass is 32.2. The van der Waals surface area contributed by atoms with Crippen molar-refractivity contribution in [2.24, 2.45) is 0 Å². The average molecular weight is 723 g/mol. The second-order valence-electron chi connectivity index (χ2n) is 10.3. The van der Waals surface area contributed by atoms with Crippen LogP contribution in [-0.4, -0.2) is 67.7 Å². The lowest BCUT2D eigenvalue weighted by Gasteiger charge is -2.16. The van der Waals surface area contributed by atoms with Crippen LogP contribution in [0.3, 0.4) is 0 Å². The predicted molar refractivity (Wildman–Crippen MR) is 185 cm³/mol. The third-order valence-corrected chi connectivity index (χ3v) is 8.69. The summed E-state index contributed by atoms with van der Waals surface area (Å²) in [7, 11) is 3.63. The lowest BCUT2D eigenvalue weighted by Crippen LogP contribution is -2.12. The molecule has 1 saturated heterocycles. The van der Waals surface area contributed by atoms with E-state index in [2.05, 4.69) is 57.2 Å². The number of rotatable bonds is 11. The molecule has 0 aromatic heterocycles. The Hall–Kier alpha value is -2.96. The van der Waals surface area contributed by atoms with E-state index in [0.29, 0.717) is 23.6 Å². The van der Waals surface area contributed by atoms with Gasteiger partial charge in [0.15, 0.2) is 0 Å². The Kier molecular flexibility index (Phi) is 15.7. The highest BCUT2D eigenvalue weighted by Gasteiger charge is 2.15. The van der Waals surface area contributed by atoms with E-state index in [1.165, 1.54) is 22.6 Å². The quantitative estimate of drug-likeness (QED) is 0.0952. The van der Waals surface area contributed by atoms with E-state index in [9.17, 15) is 17.2 Å². The molecule has 1 heterocycles. The Morgan fingerprint density at radius 3 is 1.55 bits per heavy atom. The van der Waals surface area contributed by atoms with Gasteiger partial charge in [-0.25, -0.2) is 0 Å². The Labute approximate surface area is 287 Å². The maximum atomic E-state index is 11.3. The molecule has 15 heteroatoms. The maximum absolute atomic E-state index is 11.3. The van der Waals surface area contributed by atoms with Crippen molar-refractivity contribution in [3.8, 4) is 23.0 Å². The fraction of sp³-hybridized carbons (Fsp3) is 0.250. The third-order valence-electron chi connectivity index (χ3n) is 6.02. The molecule has 254 valence electrons. The SMILES string of the molecule is CSc1ccc(Oc2ccc(S(=O)(=O)O)cc2CN(C)C)cc1.CSc1ccc(Oc2ccccc2CN(C)C)cc1.O=S1OOO1. The molecule has 11 nitrogen and oxygen atoms in total. The fourth-order valence-electron chi connectivity index (χ4n) is 3.95. The van der Waals surface area contributed by atoms with E-state index < -0.39 is 21.5 Å². The molecule has 0 radical (unpaired) electrons. The molecular weight excluding hydrogens is 685 g/mol. The van der Waals surface area contributed by atoms with E-state index in [0.717, 1.165) is 22.9 Å². The van der Waals surface area contributed by atoms with Gasteiger partial charge in [0.2, 0.25) is 0 Å². The van der Waals surface area contributed by atoms with Crippen molar-refractivity contribution in [3.63, 3.8) is 0 Å². The molecule has 0 unspecified atom stereocenters. The van der Waals surface area contributed by atoms with Crippen LogP contribution in [0.5, 0.6) is 23.0 Å². The Balaban J connectivity index is 0.000000225. The van der Waals surface area contributed by atoms with Crippen molar-refractivity contribution in [2.45, 2.75) is 27.8 Å². The molecular formula is C32H38N2O9S4. The van der Waals surface area contributed by atoms with Crippen molar-refractivity contribution < 1.29 is 40.4 Å². The summed E-state index contributed by atoms with van der Waals surface area (Å²) in [6.07, 6.45) is 4.07. The van der Waals surface area contributed by atoms with Gasteiger partial charge < -0.3 is 19.3 Å². The summed E-state index contributed by atoms with van der Waals surface area (Å²) < 4.78 is 60.5. The minimum absolute atomic E-state index is 0.139. The van der Waals surface area contributed by atoms with E-state index in [1.54, 1.807) is 29.6 Å².